The molecule has 0 amide bonds. The highest BCUT2D eigenvalue weighted by molar-refractivity contribution is 5.85. The first-order valence-corrected chi connectivity index (χ1v) is 7.51. The molecule has 2 aromatic rings. The molecule has 120 valence electrons. The summed E-state index contributed by atoms with van der Waals surface area (Å²) in [6.07, 6.45) is 0.659. The van der Waals surface area contributed by atoms with Crippen molar-refractivity contribution in [3.63, 3.8) is 0 Å². The summed E-state index contributed by atoms with van der Waals surface area (Å²) in [5.74, 6) is -3.15. The third-order valence-corrected chi connectivity index (χ3v) is 5.27. The number of nitrogens with two attached hydrogens (primary N) is 1. The Morgan fingerprint density at radius 1 is 1.35 bits per heavy atom. The van der Waals surface area contributed by atoms with Crippen LogP contribution in [-0.2, 0) is 16.0 Å². The second kappa shape index (κ2) is 4.55. The van der Waals surface area contributed by atoms with Crippen LogP contribution in [0.2, 0.25) is 0 Å². The van der Waals surface area contributed by atoms with E-state index in [1.54, 1.807) is 0 Å². The number of fused-ring (bicyclic) bond motifs is 2. The lowest BCUT2D eigenvalue weighted by molar-refractivity contribution is -0.145. The molecule has 2 saturated carbocycles. The lowest BCUT2D eigenvalue weighted by atomic mass is 9.86. The van der Waals surface area contributed by atoms with E-state index in [9.17, 15) is 19.8 Å². The van der Waals surface area contributed by atoms with Gasteiger partial charge in [0.25, 0.3) is 0 Å². The Kier molecular flexibility index (Phi) is 2.81. The van der Waals surface area contributed by atoms with E-state index in [0.29, 0.717) is 17.9 Å². The first kappa shape index (κ1) is 14.2. The van der Waals surface area contributed by atoms with E-state index >= 15 is 0 Å². The zero-order valence-corrected chi connectivity index (χ0v) is 12.2. The zero-order chi connectivity index (χ0) is 16.4. The predicted octanol–water partition coefficient (Wildman–Crippen LogP) is 1.12. The van der Waals surface area contributed by atoms with E-state index in [1.807, 2.05) is 24.3 Å². The van der Waals surface area contributed by atoms with E-state index in [2.05, 4.69) is 4.98 Å². The number of hydrogen-bond donors (Lipinski definition) is 3. The smallest absolute Gasteiger partial charge is 0.324 e. The highest BCUT2D eigenvalue weighted by Gasteiger charge is 2.73. The van der Waals surface area contributed by atoms with Gasteiger partial charge in [-0.1, -0.05) is 12.1 Å². The number of carboxylic acids is 2. The maximum absolute atomic E-state index is 11.5. The SMILES string of the molecule is N[C@]1(C(=O)O)C[C@@H](Cc2nc3ccccc3o2)[C@@H]2[C@@H](C(=O)O)[C@H]21. The van der Waals surface area contributed by atoms with Crippen LogP contribution >= 0.6 is 0 Å². The van der Waals surface area contributed by atoms with Gasteiger partial charge >= 0.3 is 11.9 Å². The van der Waals surface area contributed by atoms with Crippen molar-refractivity contribution in [3.8, 4) is 0 Å². The molecule has 23 heavy (non-hydrogen) atoms. The zero-order valence-electron chi connectivity index (χ0n) is 12.2. The molecule has 0 spiro atoms. The number of aliphatic carboxylic acids is 2. The van der Waals surface area contributed by atoms with E-state index in [0.717, 1.165) is 5.52 Å². The summed E-state index contributed by atoms with van der Waals surface area (Å²) in [4.78, 5) is 27.2. The highest BCUT2D eigenvalue weighted by Crippen LogP contribution is 2.64. The van der Waals surface area contributed by atoms with Crippen molar-refractivity contribution in [2.24, 2.45) is 29.4 Å². The van der Waals surface area contributed by atoms with Crippen molar-refractivity contribution in [1.29, 1.82) is 0 Å². The first-order chi connectivity index (χ1) is 10.9. The van der Waals surface area contributed by atoms with Crippen LogP contribution in [0.3, 0.4) is 0 Å². The number of rotatable bonds is 4. The minimum Gasteiger partial charge on any atom is -0.481 e. The average molecular weight is 316 g/mol. The third kappa shape index (κ3) is 1.96. The van der Waals surface area contributed by atoms with Crippen molar-refractivity contribution < 1.29 is 24.2 Å². The highest BCUT2D eigenvalue weighted by atomic mass is 16.4. The van der Waals surface area contributed by atoms with Crippen LogP contribution < -0.4 is 5.73 Å². The van der Waals surface area contributed by atoms with Crippen LogP contribution in [-0.4, -0.2) is 32.7 Å². The summed E-state index contributed by atoms with van der Waals surface area (Å²) < 4.78 is 5.67. The van der Waals surface area contributed by atoms with Gasteiger partial charge in [-0.3, -0.25) is 9.59 Å². The molecule has 0 saturated heterocycles. The molecule has 0 radical (unpaired) electrons. The van der Waals surface area contributed by atoms with E-state index in [4.69, 9.17) is 10.2 Å². The standard InChI is InChI=1S/C16H16N2O5/c17-16(15(21)22)6-7(11-12(13(11)16)14(19)20)5-10-18-8-3-1-2-4-9(8)23-10/h1-4,7,11-13H,5-6,17H2,(H,19,20)(H,21,22)/t7-,11-,12-,13+,16-/m1/s1. The van der Waals surface area contributed by atoms with Crippen molar-refractivity contribution in [2.75, 3.05) is 0 Å². The van der Waals surface area contributed by atoms with Gasteiger partial charge in [-0.2, -0.15) is 0 Å². The van der Waals surface area contributed by atoms with Crippen LogP contribution in [0.5, 0.6) is 0 Å². The number of oxazole rings is 1. The Morgan fingerprint density at radius 3 is 2.74 bits per heavy atom. The van der Waals surface area contributed by atoms with Crippen molar-refractivity contribution in [3.05, 3.63) is 30.2 Å². The van der Waals surface area contributed by atoms with Crippen LogP contribution in [0.15, 0.2) is 28.7 Å². The van der Waals surface area contributed by atoms with Crippen LogP contribution in [0.4, 0.5) is 0 Å². The fourth-order valence-electron chi connectivity index (χ4n) is 4.28. The Balaban J connectivity index is 1.62. The van der Waals surface area contributed by atoms with Gasteiger partial charge in [0.2, 0.25) is 0 Å². The molecule has 0 bridgehead atoms. The maximum Gasteiger partial charge on any atom is 0.324 e. The number of aromatic nitrogens is 1. The normalized spacial score (nSPS) is 35.2. The average Bonchev–Trinajstić information content (AvgIpc) is 3.03. The summed E-state index contributed by atoms with van der Waals surface area (Å²) in [5, 5.41) is 18.7. The monoisotopic (exact) mass is 316 g/mol. The van der Waals surface area contributed by atoms with E-state index in [-0.39, 0.29) is 18.3 Å². The molecule has 7 heteroatoms. The fourth-order valence-corrected chi connectivity index (χ4v) is 4.28. The lowest BCUT2D eigenvalue weighted by Gasteiger charge is -2.24. The largest absolute Gasteiger partial charge is 0.481 e. The van der Waals surface area contributed by atoms with Crippen LogP contribution in [0.1, 0.15) is 12.3 Å². The number of nitrogens with zero attached hydrogens (tertiary/aromatic N) is 1. The summed E-state index contributed by atoms with van der Waals surface area (Å²) in [7, 11) is 0. The van der Waals surface area contributed by atoms with Crippen LogP contribution in [0, 0.1) is 23.7 Å². The van der Waals surface area contributed by atoms with Gasteiger partial charge in [0.15, 0.2) is 11.5 Å². The Labute approximate surface area is 131 Å². The number of benzene rings is 1. The predicted molar refractivity (Wildman–Crippen MR) is 78.5 cm³/mol. The molecule has 0 unspecified atom stereocenters. The first-order valence-electron chi connectivity index (χ1n) is 7.51. The maximum atomic E-state index is 11.5. The van der Waals surface area contributed by atoms with Gasteiger partial charge in [0, 0.05) is 12.3 Å². The van der Waals surface area contributed by atoms with Gasteiger partial charge in [-0.25, -0.2) is 4.98 Å². The van der Waals surface area contributed by atoms with E-state index in [1.165, 1.54) is 0 Å². The van der Waals surface area contributed by atoms with Gasteiger partial charge in [-0.15, -0.1) is 0 Å². The molecule has 2 aliphatic rings. The molecule has 4 rings (SSSR count). The Bertz CT molecular complexity index is 783. The molecule has 5 atom stereocenters. The number of carboxylic acid groups (broad SMARTS) is 2. The van der Waals surface area contributed by atoms with Gasteiger partial charge in [0.1, 0.15) is 11.1 Å². The second-order valence-corrected chi connectivity index (χ2v) is 6.56. The van der Waals surface area contributed by atoms with E-state index < -0.39 is 29.3 Å². The van der Waals surface area contributed by atoms with Gasteiger partial charge in [0.05, 0.1) is 5.92 Å². The third-order valence-electron chi connectivity index (χ3n) is 5.27. The van der Waals surface area contributed by atoms with Crippen molar-refractivity contribution in [1.82, 2.24) is 4.98 Å². The summed E-state index contributed by atoms with van der Waals surface area (Å²) in [5.41, 5.74) is 5.96. The molecule has 0 aliphatic heterocycles. The lowest BCUT2D eigenvalue weighted by Crippen LogP contribution is -2.50. The fraction of sp³-hybridized carbons (Fsp3) is 0.438. The summed E-state index contributed by atoms with van der Waals surface area (Å²) in [6, 6.07) is 7.35. The topological polar surface area (TPSA) is 127 Å². The molecule has 7 nitrogen and oxygen atoms in total. The van der Waals surface area contributed by atoms with Crippen LogP contribution in [0.25, 0.3) is 11.1 Å². The summed E-state index contributed by atoms with van der Waals surface area (Å²) in [6.45, 7) is 0. The van der Waals surface area contributed by atoms with Crippen molar-refractivity contribution >= 4 is 23.0 Å². The van der Waals surface area contributed by atoms with Crippen molar-refractivity contribution in [2.45, 2.75) is 18.4 Å². The Morgan fingerprint density at radius 2 is 2.09 bits per heavy atom. The molecule has 4 N–H and O–H groups in total. The minimum absolute atomic E-state index is 0.143. The summed E-state index contributed by atoms with van der Waals surface area (Å²) >= 11 is 0. The number of carbonyl (C=O) groups is 2. The molecule has 2 aliphatic carbocycles. The minimum atomic E-state index is -1.47. The van der Waals surface area contributed by atoms with Gasteiger partial charge in [-0.05, 0) is 30.4 Å². The number of hydrogen-bond acceptors (Lipinski definition) is 5. The second-order valence-electron chi connectivity index (χ2n) is 6.56. The molecule has 2 fully saturated rings. The quantitative estimate of drug-likeness (QED) is 0.771. The number of para-hydroxylation sites is 2. The molecule has 1 aromatic carbocycles. The Hall–Kier alpha value is -2.41. The molecular weight excluding hydrogens is 300 g/mol. The van der Waals surface area contributed by atoms with Gasteiger partial charge < -0.3 is 20.4 Å². The molecule has 1 heterocycles. The molecule has 1 aromatic heterocycles. The molecular formula is C16H16N2O5.